The zero-order valence-electron chi connectivity index (χ0n) is 23.8. The summed E-state index contributed by atoms with van der Waals surface area (Å²) in [5, 5.41) is 20.7. The standard InChI is InChI=1S/C31H29N7O6/c1-35-25(30(42)43)15-32-26(35)18-36-14-13-22(17-36)38-28-24(12-11-23(34-28)29(41)33-16-27(39)40)37(31(38)44)21-9-7-20(8-10-21)19-5-3-2-4-6-19/h2-12,15,22H,13-14,16-18H2,1H3,(H,33,41)(H,39,40)(H,42,43)/t22-/m0/s1. The van der Waals surface area contributed by atoms with E-state index >= 15 is 0 Å². The minimum Gasteiger partial charge on any atom is -0.480 e. The molecule has 0 spiro atoms. The van der Waals surface area contributed by atoms with Crippen LogP contribution in [0.1, 0.15) is 39.3 Å². The predicted octanol–water partition coefficient (Wildman–Crippen LogP) is 2.55. The number of imidazole rings is 2. The number of carboxylic acids is 2. The lowest BCUT2D eigenvalue weighted by atomic mass is 10.1. The number of nitrogens with one attached hydrogen (secondary N) is 1. The molecule has 1 saturated heterocycles. The quantitative estimate of drug-likeness (QED) is 0.232. The third-order valence-corrected chi connectivity index (χ3v) is 7.87. The summed E-state index contributed by atoms with van der Waals surface area (Å²) in [6.07, 6.45) is 1.94. The average molecular weight is 596 g/mol. The molecule has 0 aliphatic carbocycles. The number of fused-ring (bicyclic) bond motifs is 1. The first kappa shape index (κ1) is 28.6. The molecule has 3 N–H and O–H groups in total. The first-order valence-corrected chi connectivity index (χ1v) is 14.0. The van der Waals surface area contributed by atoms with Crippen LogP contribution in [-0.2, 0) is 18.4 Å². The molecule has 0 unspecified atom stereocenters. The number of carbonyl (C=O) groups is 3. The second kappa shape index (κ2) is 11.6. The highest BCUT2D eigenvalue weighted by Gasteiger charge is 2.30. The second-order valence-electron chi connectivity index (χ2n) is 10.6. The fourth-order valence-electron chi connectivity index (χ4n) is 5.64. The Morgan fingerprint density at radius 3 is 2.39 bits per heavy atom. The molecule has 0 radical (unpaired) electrons. The molecule has 4 heterocycles. The van der Waals surface area contributed by atoms with Crippen molar-refractivity contribution < 1.29 is 24.6 Å². The summed E-state index contributed by atoms with van der Waals surface area (Å²) in [5.41, 5.74) is 3.25. The second-order valence-corrected chi connectivity index (χ2v) is 10.6. The molecule has 5 aromatic rings. The van der Waals surface area contributed by atoms with Crippen LogP contribution in [0.4, 0.5) is 0 Å². The van der Waals surface area contributed by atoms with Crippen molar-refractivity contribution in [3.63, 3.8) is 0 Å². The molecular weight excluding hydrogens is 566 g/mol. The van der Waals surface area contributed by atoms with Gasteiger partial charge in [0, 0.05) is 20.1 Å². The van der Waals surface area contributed by atoms with Crippen molar-refractivity contribution in [2.75, 3.05) is 19.6 Å². The Hall–Kier alpha value is -5.56. The van der Waals surface area contributed by atoms with Crippen LogP contribution in [0.15, 0.2) is 77.7 Å². The molecule has 0 bridgehead atoms. The maximum absolute atomic E-state index is 14.1. The molecular formula is C31H29N7O6. The van der Waals surface area contributed by atoms with Crippen molar-refractivity contribution in [2.24, 2.45) is 7.05 Å². The van der Waals surface area contributed by atoms with E-state index in [1.165, 1.54) is 16.8 Å². The van der Waals surface area contributed by atoms with Gasteiger partial charge in [0.2, 0.25) is 0 Å². The van der Waals surface area contributed by atoms with Gasteiger partial charge in [-0.15, -0.1) is 0 Å². The van der Waals surface area contributed by atoms with Crippen LogP contribution in [-0.4, -0.2) is 76.3 Å². The van der Waals surface area contributed by atoms with E-state index in [0.717, 1.165) is 11.1 Å². The number of likely N-dealkylation sites (tertiary alicyclic amines) is 1. The van der Waals surface area contributed by atoms with Gasteiger partial charge in [-0.3, -0.25) is 23.6 Å². The fourth-order valence-corrected chi connectivity index (χ4v) is 5.64. The number of rotatable bonds is 9. The molecule has 13 nitrogen and oxygen atoms in total. The maximum atomic E-state index is 14.1. The summed E-state index contributed by atoms with van der Waals surface area (Å²) >= 11 is 0. The number of aromatic carboxylic acids is 1. The summed E-state index contributed by atoms with van der Waals surface area (Å²) < 4.78 is 4.70. The molecule has 44 heavy (non-hydrogen) atoms. The van der Waals surface area contributed by atoms with E-state index in [2.05, 4.69) is 20.2 Å². The van der Waals surface area contributed by atoms with Gasteiger partial charge in [-0.05, 0) is 41.8 Å². The Kier molecular flexibility index (Phi) is 7.53. The Bertz CT molecular complexity index is 1940. The van der Waals surface area contributed by atoms with Gasteiger partial charge in [0.25, 0.3) is 5.91 Å². The maximum Gasteiger partial charge on any atom is 0.354 e. The number of pyridine rings is 1. The van der Waals surface area contributed by atoms with Crippen molar-refractivity contribution in [1.29, 1.82) is 0 Å². The first-order chi connectivity index (χ1) is 21.2. The third kappa shape index (κ3) is 5.36. The van der Waals surface area contributed by atoms with E-state index in [4.69, 9.17) is 5.11 Å². The summed E-state index contributed by atoms with van der Waals surface area (Å²) in [5.74, 6) is -2.32. The highest BCUT2D eigenvalue weighted by Crippen LogP contribution is 2.28. The number of hydrogen-bond acceptors (Lipinski definition) is 7. The molecule has 6 rings (SSSR count). The third-order valence-electron chi connectivity index (χ3n) is 7.87. The first-order valence-electron chi connectivity index (χ1n) is 14.0. The van der Waals surface area contributed by atoms with Gasteiger partial charge in [0.1, 0.15) is 23.8 Å². The Morgan fingerprint density at radius 1 is 0.977 bits per heavy atom. The molecule has 1 aliphatic heterocycles. The summed E-state index contributed by atoms with van der Waals surface area (Å²) in [6.45, 7) is 0.932. The molecule has 1 fully saturated rings. The zero-order chi connectivity index (χ0) is 31.0. The molecule has 1 aliphatic rings. The number of hydrogen-bond donors (Lipinski definition) is 3. The summed E-state index contributed by atoms with van der Waals surface area (Å²) in [6, 6.07) is 20.3. The lowest BCUT2D eigenvalue weighted by Gasteiger charge is -2.16. The number of amides is 1. The van der Waals surface area contributed by atoms with E-state index in [9.17, 15) is 24.3 Å². The number of aliphatic carboxylic acids is 1. The summed E-state index contributed by atoms with van der Waals surface area (Å²) in [4.78, 5) is 60.2. The van der Waals surface area contributed by atoms with Gasteiger partial charge < -0.3 is 20.1 Å². The molecule has 0 saturated carbocycles. The number of carboxylic acid groups (broad SMARTS) is 2. The Balaban J connectivity index is 1.37. The van der Waals surface area contributed by atoms with Gasteiger partial charge in [-0.2, -0.15) is 0 Å². The smallest absolute Gasteiger partial charge is 0.354 e. The van der Waals surface area contributed by atoms with Crippen LogP contribution in [0, 0.1) is 0 Å². The van der Waals surface area contributed by atoms with Crippen LogP contribution < -0.4 is 11.0 Å². The van der Waals surface area contributed by atoms with Crippen molar-refractivity contribution in [2.45, 2.75) is 19.0 Å². The van der Waals surface area contributed by atoms with Gasteiger partial charge in [0.05, 0.1) is 30.0 Å². The topological polar surface area (TPSA) is 165 Å². The van der Waals surface area contributed by atoms with Gasteiger partial charge >= 0.3 is 17.6 Å². The zero-order valence-corrected chi connectivity index (χ0v) is 23.8. The van der Waals surface area contributed by atoms with Crippen molar-refractivity contribution >= 4 is 29.0 Å². The average Bonchev–Trinajstić information content (AvgIpc) is 3.71. The molecule has 1 amide bonds. The fraction of sp³-hybridized carbons (Fsp3) is 0.226. The molecule has 1 atom stereocenters. The summed E-state index contributed by atoms with van der Waals surface area (Å²) in [7, 11) is 1.65. The minimum atomic E-state index is -1.18. The van der Waals surface area contributed by atoms with Crippen molar-refractivity contribution in [1.82, 2.24) is 33.9 Å². The van der Waals surface area contributed by atoms with Crippen molar-refractivity contribution in [3.05, 3.63) is 101 Å². The Labute approximate surface area is 250 Å². The number of carbonyl (C=O) groups excluding carboxylic acids is 1. The van der Waals surface area contributed by atoms with Crippen LogP contribution in [0.25, 0.3) is 28.0 Å². The number of aromatic nitrogens is 5. The predicted molar refractivity (Wildman–Crippen MR) is 160 cm³/mol. The lowest BCUT2D eigenvalue weighted by molar-refractivity contribution is -0.135. The minimum absolute atomic E-state index is 0.00635. The van der Waals surface area contributed by atoms with E-state index < -0.39 is 24.4 Å². The van der Waals surface area contributed by atoms with Gasteiger partial charge in [0.15, 0.2) is 5.65 Å². The van der Waals surface area contributed by atoms with Crippen LogP contribution in [0.5, 0.6) is 0 Å². The monoisotopic (exact) mass is 595 g/mol. The van der Waals surface area contributed by atoms with E-state index in [1.54, 1.807) is 22.2 Å². The van der Waals surface area contributed by atoms with E-state index in [1.807, 2.05) is 54.6 Å². The largest absolute Gasteiger partial charge is 0.480 e. The van der Waals surface area contributed by atoms with Crippen LogP contribution in [0.2, 0.25) is 0 Å². The SMILES string of the molecule is Cn1c(C(=O)O)cnc1CN1CC[C@H](n2c(=O)n(-c3ccc(-c4ccccc4)cc3)c3ccc(C(=O)NCC(=O)O)nc32)C1. The normalized spacial score (nSPS) is 15.1. The lowest BCUT2D eigenvalue weighted by Crippen LogP contribution is -2.30. The molecule has 224 valence electrons. The number of nitrogens with zero attached hydrogens (tertiary/aromatic N) is 6. The van der Waals surface area contributed by atoms with Crippen molar-refractivity contribution in [3.8, 4) is 16.8 Å². The highest BCUT2D eigenvalue weighted by atomic mass is 16.4. The van der Waals surface area contributed by atoms with E-state index in [-0.39, 0.29) is 23.1 Å². The van der Waals surface area contributed by atoms with Crippen LogP contribution >= 0.6 is 0 Å². The number of benzene rings is 2. The molecule has 2 aromatic carbocycles. The van der Waals surface area contributed by atoms with Gasteiger partial charge in [-0.25, -0.2) is 19.6 Å². The van der Waals surface area contributed by atoms with Gasteiger partial charge in [-0.1, -0.05) is 42.5 Å². The van der Waals surface area contributed by atoms with Crippen LogP contribution in [0.3, 0.4) is 0 Å². The molecule has 3 aromatic heterocycles. The van der Waals surface area contributed by atoms with E-state index in [0.29, 0.717) is 48.7 Å². The molecule has 13 heteroatoms. The Morgan fingerprint density at radius 2 is 1.70 bits per heavy atom. The highest BCUT2D eigenvalue weighted by molar-refractivity contribution is 5.95.